The van der Waals surface area contributed by atoms with Crippen LogP contribution in [0.15, 0.2) is 0 Å². The molecule has 1 amide bonds. The molecule has 0 aromatic rings. The Kier molecular flexibility index (Phi) is 3.53. The quantitative estimate of drug-likeness (QED) is 0.501. The van der Waals surface area contributed by atoms with Crippen LogP contribution in [-0.4, -0.2) is 12.1 Å². The summed E-state index contributed by atoms with van der Waals surface area (Å²) in [4.78, 5) is 29.1. The van der Waals surface area contributed by atoms with Crippen LogP contribution in [-0.2, 0) is 14.6 Å². The van der Waals surface area contributed by atoms with E-state index in [1.807, 2.05) is 6.92 Å². The molecule has 0 unspecified atom stereocenters. The molecule has 0 saturated heterocycles. The van der Waals surface area contributed by atoms with E-state index in [0.717, 1.165) is 0 Å². The Morgan fingerprint density at radius 1 is 1.33 bits per heavy atom. The van der Waals surface area contributed by atoms with Gasteiger partial charge < -0.3 is 5.73 Å². The number of rotatable bonds is 2. The van der Waals surface area contributed by atoms with Gasteiger partial charge in [0.1, 0.15) is 0 Å². The van der Waals surface area contributed by atoms with Crippen LogP contribution in [0.4, 0.5) is 4.79 Å². The van der Waals surface area contributed by atoms with Gasteiger partial charge >= 0.3 is 12.1 Å². The van der Waals surface area contributed by atoms with Crippen LogP contribution in [0.5, 0.6) is 0 Å². The molecule has 5 nitrogen and oxygen atoms in total. The molecular weight excluding hydrogens is 162 g/mol. The van der Waals surface area contributed by atoms with E-state index in [0.29, 0.717) is 6.42 Å². The smallest absolute Gasteiger partial charge is 0.332 e. The summed E-state index contributed by atoms with van der Waals surface area (Å²) in [6.45, 7) is 5.19. The van der Waals surface area contributed by atoms with Crippen molar-refractivity contribution in [2.45, 2.75) is 27.2 Å². The topological polar surface area (TPSA) is 78.6 Å². The van der Waals surface area contributed by atoms with Gasteiger partial charge in [-0.15, -0.1) is 0 Å². The maximum Gasteiger partial charge on any atom is 0.447 e. The zero-order valence-electron chi connectivity index (χ0n) is 7.42. The fourth-order valence-corrected chi connectivity index (χ4v) is 0.336. The van der Waals surface area contributed by atoms with Gasteiger partial charge in [0.2, 0.25) is 0 Å². The minimum Gasteiger partial charge on any atom is -0.332 e. The molecule has 0 aromatic carbocycles. The average molecular weight is 175 g/mol. The Bertz CT molecular complexity index is 188. The molecule has 0 fully saturated rings. The zero-order valence-corrected chi connectivity index (χ0v) is 7.42. The molecule has 70 valence electrons. The summed E-state index contributed by atoms with van der Waals surface area (Å²) >= 11 is 0. The number of carbonyl (C=O) groups excluding carboxylic acids is 2. The van der Waals surface area contributed by atoms with Crippen molar-refractivity contribution >= 4 is 12.1 Å². The highest BCUT2D eigenvalue weighted by Crippen LogP contribution is 2.21. The minimum absolute atomic E-state index is 0.591. The van der Waals surface area contributed by atoms with Gasteiger partial charge in [0.05, 0.1) is 5.41 Å². The Hall–Kier alpha value is -1.26. The third-order valence-corrected chi connectivity index (χ3v) is 1.64. The van der Waals surface area contributed by atoms with Crippen molar-refractivity contribution < 1.29 is 19.4 Å². The molecule has 5 heteroatoms. The predicted octanol–water partition coefficient (Wildman–Crippen LogP) is 0.976. The van der Waals surface area contributed by atoms with Crippen molar-refractivity contribution in [3.8, 4) is 0 Å². The molecule has 0 aliphatic rings. The molecule has 0 rings (SSSR count). The lowest BCUT2D eigenvalue weighted by molar-refractivity contribution is -0.240. The lowest BCUT2D eigenvalue weighted by Crippen LogP contribution is -2.28. The van der Waals surface area contributed by atoms with E-state index in [9.17, 15) is 9.59 Å². The van der Waals surface area contributed by atoms with Gasteiger partial charge in [-0.1, -0.05) is 6.92 Å². The molecule has 0 spiro atoms. The van der Waals surface area contributed by atoms with E-state index in [4.69, 9.17) is 0 Å². The first-order chi connectivity index (χ1) is 5.40. The maximum atomic E-state index is 11.0. The predicted molar refractivity (Wildman–Crippen MR) is 40.8 cm³/mol. The van der Waals surface area contributed by atoms with Crippen LogP contribution >= 0.6 is 0 Å². The van der Waals surface area contributed by atoms with Gasteiger partial charge in [-0.2, -0.15) is 0 Å². The normalized spacial score (nSPS) is 10.6. The van der Waals surface area contributed by atoms with E-state index >= 15 is 0 Å². The number of carbonyl (C=O) groups is 2. The van der Waals surface area contributed by atoms with Crippen LogP contribution < -0.4 is 5.73 Å². The average Bonchev–Trinajstić information content (AvgIpc) is 2.00. The first-order valence-corrected chi connectivity index (χ1v) is 3.58. The number of primary amides is 1. The van der Waals surface area contributed by atoms with E-state index in [1.54, 1.807) is 13.8 Å². The van der Waals surface area contributed by atoms with Crippen LogP contribution in [0.25, 0.3) is 0 Å². The summed E-state index contributed by atoms with van der Waals surface area (Å²) in [6, 6.07) is 0. The molecule has 0 saturated carbocycles. The molecular formula is C7H13NO4. The van der Waals surface area contributed by atoms with Crippen molar-refractivity contribution in [3.05, 3.63) is 0 Å². The molecule has 0 heterocycles. The van der Waals surface area contributed by atoms with Crippen molar-refractivity contribution in [3.63, 3.8) is 0 Å². The van der Waals surface area contributed by atoms with Gasteiger partial charge in [0.25, 0.3) is 0 Å². The van der Waals surface area contributed by atoms with Crippen molar-refractivity contribution in [1.29, 1.82) is 0 Å². The first-order valence-electron chi connectivity index (χ1n) is 3.58. The summed E-state index contributed by atoms with van der Waals surface area (Å²) in [5.74, 6) is -0.608. The second kappa shape index (κ2) is 3.94. The standard InChI is InChI=1S/C7H13NO4/c1-4-7(2,3)5(9)11-12-6(8)10/h4H2,1-3H3,(H2,8,10). The number of hydrogen-bond donors (Lipinski definition) is 1. The SMILES string of the molecule is CCC(C)(C)C(=O)OOC(N)=O. The summed E-state index contributed by atoms with van der Waals surface area (Å²) in [6.07, 6.45) is -0.538. The fraction of sp³-hybridized carbons (Fsp3) is 0.714. The Morgan fingerprint density at radius 2 is 1.83 bits per heavy atom. The van der Waals surface area contributed by atoms with Gasteiger partial charge in [-0.3, -0.25) is 0 Å². The van der Waals surface area contributed by atoms with Crippen LogP contribution in [0.1, 0.15) is 27.2 Å². The highest BCUT2D eigenvalue weighted by atomic mass is 17.2. The van der Waals surface area contributed by atoms with Crippen molar-refractivity contribution in [1.82, 2.24) is 0 Å². The molecule has 0 radical (unpaired) electrons. The second-order valence-electron chi connectivity index (χ2n) is 3.01. The Morgan fingerprint density at radius 3 is 2.17 bits per heavy atom. The summed E-state index contributed by atoms with van der Waals surface area (Å²) < 4.78 is 0. The van der Waals surface area contributed by atoms with E-state index in [-0.39, 0.29) is 0 Å². The Balaban J connectivity index is 3.96. The van der Waals surface area contributed by atoms with Crippen molar-refractivity contribution in [2.24, 2.45) is 11.1 Å². The maximum absolute atomic E-state index is 11.0. The van der Waals surface area contributed by atoms with Gasteiger partial charge in [0, 0.05) is 0 Å². The fourth-order valence-electron chi connectivity index (χ4n) is 0.336. The van der Waals surface area contributed by atoms with Gasteiger partial charge in [-0.25, -0.2) is 19.4 Å². The van der Waals surface area contributed by atoms with Gasteiger partial charge in [-0.05, 0) is 20.3 Å². The first kappa shape index (κ1) is 10.7. The van der Waals surface area contributed by atoms with E-state index in [2.05, 4.69) is 15.5 Å². The lowest BCUT2D eigenvalue weighted by atomic mass is 9.91. The van der Waals surface area contributed by atoms with E-state index in [1.165, 1.54) is 0 Å². The lowest BCUT2D eigenvalue weighted by Gasteiger charge is -2.17. The molecule has 0 aliphatic carbocycles. The van der Waals surface area contributed by atoms with Crippen LogP contribution in [0, 0.1) is 5.41 Å². The van der Waals surface area contributed by atoms with Crippen molar-refractivity contribution in [2.75, 3.05) is 0 Å². The Labute approximate surface area is 70.7 Å². The third-order valence-electron chi connectivity index (χ3n) is 1.64. The largest absolute Gasteiger partial charge is 0.447 e. The monoisotopic (exact) mass is 175 g/mol. The minimum atomic E-state index is -1.13. The van der Waals surface area contributed by atoms with Crippen LogP contribution in [0.2, 0.25) is 0 Å². The molecule has 2 N–H and O–H groups in total. The number of nitrogens with two attached hydrogens (primary N) is 1. The molecule has 0 atom stereocenters. The summed E-state index contributed by atoms with van der Waals surface area (Å²) in [5.41, 5.74) is 3.93. The molecule has 12 heavy (non-hydrogen) atoms. The van der Waals surface area contributed by atoms with Gasteiger partial charge in [0.15, 0.2) is 0 Å². The van der Waals surface area contributed by atoms with E-state index < -0.39 is 17.5 Å². The summed E-state index contributed by atoms with van der Waals surface area (Å²) in [5, 5.41) is 0. The number of amides is 1. The number of hydrogen-bond acceptors (Lipinski definition) is 4. The molecule has 0 bridgehead atoms. The molecule has 0 aromatic heterocycles. The summed E-state index contributed by atoms with van der Waals surface area (Å²) in [7, 11) is 0. The highest BCUT2D eigenvalue weighted by Gasteiger charge is 2.29. The molecule has 0 aliphatic heterocycles. The third kappa shape index (κ3) is 3.23. The van der Waals surface area contributed by atoms with Crippen LogP contribution in [0.3, 0.4) is 0 Å². The highest BCUT2D eigenvalue weighted by molar-refractivity contribution is 5.76. The second-order valence-corrected chi connectivity index (χ2v) is 3.01. The zero-order chi connectivity index (χ0) is 9.78.